The van der Waals surface area contributed by atoms with Crippen LogP contribution in [0.5, 0.6) is 0 Å². The summed E-state index contributed by atoms with van der Waals surface area (Å²) < 4.78 is 0. The second kappa shape index (κ2) is 8.64. The second-order valence-electron chi connectivity index (χ2n) is 7.78. The van der Waals surface area contributed by atoms with E-state index in [2.05, 4.69) is 128 Å². The van der Waals surface area contributed by atoms with Gasteiger partial charge in [0.25, 0.3) is 0 Å². The van der Waals surface area contributed by atoms with Gasteiger partial charge >= 0.3 is 185 Å². The first kappa shape index (κ1) is 20.7. The average molecular weight is 432 g/mol. The predicted molar refractivity (Wildman–Crippen MR) is 135 cm³/mol. The summed E-state index contributed by atoms with van der Waals surface area (Å²) in [5.74, 6) is -3.25. The van der Waals surface area contributed by atoms with Gasteiger partial charge in [-0.15, -0.1) is 0 Å². The van der Waals surface area contributed by atoms with Crippen molar-refractivity contribution >= 4 is 38.8 Å². The molecule has 0 heterocycles. The summed E-state index contributed by atoms with van der Waals surface area (Å²) >= 11 is 8.13. The van der Waals surface area contributed by atoms with Gasteiger partial charge in [0.05, 0.1) is 0 Å². The van der Waals surface area contributed by atoms with Crippen molar-refractivity contribution in [2.45, 2.75) is 13.0 Å². The van der Waals surface area contributed by atoms with Crippen LogP contribution in [0.1, 0.15) is 6.92 Å². The molecular weight excluding hydrogens is 405 g/mol. The monoisotopic (exact) mass is 431 g/mol. The van der Waals surface area contributed by atoms with Crippen LogP contribution in [0, 0.1) is 0 Å². The molecule has 0 radical (unpaired) electrons. The summed E-state index contributed by atoms with van der Waals surface area (Å²) in [6.45, 7) is 2.23. The molecule has 0 amide bonds. The van der Waals surface area contributed by atoms with Crippen molar-refractivity contribution in [3.05, 3.63) is 121 Å². The van der Waals surface area contributed by atoms with E-state index in [1.807, 2.05) is 6.07 Å². The molecule has 1 unspecified atom stereocenters. The minimum atomic E-state index is -3.25. The van der Waals surface area contributed by atoms with Crippen molar-refractivity contribution in [2.75, 3.05) is 11.5 Å². The van der Waals surface area contributed by atoms with Crippen molar-refractivity contribution < 1.29 is 0 Å². The molecule has 0 aliphatic carbocycles. The molecule has 4 aromatic rings. The van der Waals surface area contributed by atoms with Crippen molar-refractivity contribution in [1.82, 2.24) is 0 Å². The fourth-order valence-electron chi connectivity index (χ4n) is 4.36. The van der Waals surface area contributed by atoms with Crippen molar-refractivity contribution in [1.29, 1.82) is 0 Å². The van der Waals surface area contributed by atoms with Crippen LogP contribution in [0.15, 0.2) is 121 Å². The second-order valence-corrected chi connectivity index (χ2v) is 14.3. The van der Waals surface area contributed by atoms with E-state index < -0.39 is 5.96 Å². The Morgan fingerprint density at radius 3 is 1.30 bits per heavy atom. The molecule has 0 saturated heterocycles. The number of hydrogen-bond acceptors (Lipinski definition) is 1. The molecule has 1 nitrogen and oxygen atoms in total. The molecule has 30 heavy (non-hydrogen) atoms. The van der Waals surface area contributed by atoms with Gasteiger partial charge in [0, 0.05) is 0 Å². The van der Waals surface area contributed by atoms with Crippen LogP contribution in [-0.2, 0) is 0 Å². The Morgan fingerprint density at radius 2 is 0.933 bits per heavy atom. The van der Waals surface area contributed by atoms with Crippen LogP contribution >= 0.6 is 17.2 Å². The Labute approximate surface area is 184 Å². The third-order valence-electron chi connectivity index (χ3n) is 5.69. The Kier molecular flexibility index (Phi) is 5.95. The van der Waals surface area contributed by atoms with Crippen molar-refractivity contribution in [3.63, 3.8) is 0 Å². The van der Waals surface area contributed by atoms with Crippen molar-refractivity contribution in [3.8, 4) is 0 Å². The van der Waals surface area contributed by atoms with E-state index in [1.54, 1.807) is 0 Å². The fraction of sp³-hybridized carbons (Fsp3) is 0.111. The molecule has 0 bridgehead atoms. The Bertz CT molecular complexity index is 969. The van der Waals surface area contributed by atoms with Gasteiger partial charge in [-0.3, -0.25) is 0 Å². The van der Waals surface area contributed by atoms with Gasteiger partial charge in [0.2, 0.25) is 0 Å². The van der Waals surface area contributed by atoms with E-state index in [0.29, 0.717) is 0 Å². The zero-order chi connectivity index (χ0) is 20.9. The van der Waals surface area contributed by atoms with Crippen LogP contribution in [0.2, 0.25) is 0 Å². The van der Waals surface area contributed by atoms with E-state index in [1.165, 1.54) is 15.9 Å². The van der Waals surface area contributed by atoms with Gasteiger partial charge in [-0.1, -0.05) is 0 Å². The molecule has 0 saturated carbocycles. The molecule has 4 rings (SSSR count). The molecule has 3 heteroatoms. The molecule has 0 aliphatic rings. The Hall–Kier alpha value is -2.60. The predicted octanol–water partition coefficient (Wildman–Crippen LogP) is 6.17. The number of hydrogen-bond donors (Lipinski definition) is 1. The van der Waals surface area contributed by atoms with Crippen LogP contribution in [0.25, 0.3) is 0 Å². The number of anilines is 1. The van der Waals surface area contributed by atoms with Crippen LogP contribution in [0.3, 0.4) is 0 Å². The van der Waals surface area contributed by atoms with E-state index >= 15 is 0 Å². The van der Waals surface area contributed by atoms with Crippen LogP contribution in [0.4, 0.5) is 5.69 Å². The number of halogens is 1. The third-order valence-corrected chi connectivity index (χ3v) is 13.2. The summed E-state index contributed by atoms with van der Waals surface area (Å²) in [7, 11) is 0. The summed E-state index contributed by atoms with van der Waals surface area (Å²) in [5.41, 5.74) is 1.11. The molecule has 4 aromatic carbocycles. The van der Waals surface area contributed by atoms with Gasteiger partial charge in [-0.25, -0.2) is 0 Å². The number of nitrogens with one attached hydrogen (secondary N) is 1. The molecule has 0 aromatic heterocycles. The van der Waals surface area contributed by atoms with E-state index in [0.717, 1.165) is 11.8 Å². The standard InChI is InChI=1S/C27H27ClNP/c1-23(29-24-14-6-2-7-15-24)22-30(28,25-16-8-3-9-17-25,26-18-10-4-11-19-26)27-20-12-5-13-21-27/h2-21,23,29H,22H2,1H3. The van der Waals surface area contributed by atoms with E-state index in [9.17, 15) is 0 Å². The summed E-state index contributed by atoms with van der Waals surface area (Å²) in [6, 6.07) is 42.5. The topological polar surface area (TPSA) is 12.0 Å². The number of para-hydroxylation sites is 1. The molecule has 0 fully saturated rings. The van der Waals surface area contributed by atoms with Gasteiger partial charge in [0.15, 0.2) is 0 Å². The number of rotatable bonds is 7. The van der Waals surface area contributed by atoms with E-state index in [4.69, 9.17) is 11.2 Å². The quantitative estimate of drug-likeness (QED) is 0.345. The van der Waals surface area contributed by atoms with Gasteiger partial charge in [-0.2, -0.15) is 0 Å². The molecule has 1 N–H and O–H groups in total. The van der Waals surface area contributed by atoms with Crippen LogP contribution in [-0.4, -0.2) is 12.2 Å². The van der Waals surface area contributed by atoms with Crippen molar-refractivity contribution in [2.24, 2.45) is 0 Å². The zero-order valence-electron chi connectivity index (χ0n) is 17.2. The first-order valence-corrected chi connectivity index (χ1v) is 13.6. The first-order valence-electron chi connectivity index (χ1n) is 10.3. The van der Waals surface area contributed by atoms with Crippen LogP contribution < -0.4 is 21.2 Å². The number of benzene rings is 4. The first-order chi connectivity index (χ1) is 14.6. The maximum absolute atomic E-state index is 8.13. The normalized spacial score (nSPS) is 13.7. The third kappa shape index (κ3) is 3.76. The summed E-state index contributed by atoms with van der Waals surface area (Å²) in [6.07, 6.45) is 0.806. The Balaban J connectivity index is 1.92. The molecule has 1 atom stereocenters. The molecular formula is C27H27ClNP. The fourth-order valence-corrected chi connectivity index (χ4v) is 11.0. The van der Waals surface area contributed by atoms with Gasteiger partial charge < -0.3 is 0 Å². The molecule has 0 spiro atoms. The summed E-state index contributed by atoms with van der Waals surface area (Å²) in [4.78, 5) is 0. The maximum atomic E-state index is 8.13. The Morgan fingerprint density at radius 1 is 0.600 bits per heavy atom. The van der Waals surface area contributed by atoms with Gasteiger partial charge in [-0.05, 0) is 0 Å². The van der Waals surface area contributed by atoms with Gasteiger partial charge in [0.1, 0.15) is 0 Å². The van der Waals surface area contributed by atoms with E-state index in [-0.39, 0.29) is 6.04 Å². The average Bonchev–Trinajstić information content (AvgIpc) is 2.81. The summed E-state index contributed by atoms with van der Waals surface area (Å²) in [5, 5.41) is 7.28. The molecule has 0 aliphatic heterocycles. The minimum absolute atomic E-state index is 0.170. The SMILES string of the molecule is CC(CP(Cl)(c1ccccc1)(c1ccccc1)c1ccccc1)Nc1ccccc1. The zero-order valence-corrected chi connectivity index (χ0v) is 18.8. The molecule has 152 valence electrons.